The summed E-state index contributed by atoms with van der Waals surface area (Å²) >= 11 is 8.42. The zero-order chi connectivity index (χ0) is 10.8. The molecule has 8 heteroatoms. The summed E-state index contributed by atoms with van der Waals surface area (Å²) in [6.45, 7) is 1.84. The van der Waals surface area contributed by atoms with Crippen LogP contribution in [0.5, 0.6) is 0 Å². The molecule has 0 saturated carbocycles. The molecule has 2 rings (SSSR count). The Morgan fingerprint density at radius 1 is 1.40 bits per heavy atom. The lowest BCUT2D eigenvalue weighted by atomic mass is 10.7. The lowest BCUT2D eigenvalue weighted by Crippen LogP contribution is -1.95. The van der Waals surface area contributed by atoms with Crippen molar-refractivity contribution >= 4 is 40.8 Å². The maximum Gasteiger partial charge on any atom is 0.222 e. The molecule has 15 heavy (non-hydrogen) atoms. The van der Waals surface area contributed by atoms with Crippen LogP contribution < -0.4 is 5.73 Å². The number of rotatable bonds is 2. The highest BCUT2D eigenvalue weighted by atomic mass is 35.5. The van der Waals surface area contributed by atoms with Crippen molar-refractivity contribution in [1.29, 1.82) is 0 Å². The number of anilines is 1. The van der Waals surface area contributed by atoms with E-state index < -0.39 is 0 Å². The van der Waals surface area contributed by atoms with Gasteiger partial charge in [-0.25, -0.2) is 15.0 Å². The Bertz CT molecular complexity index is 466. The molecule has 78 valence electrons. The molecule has 0 bridgehead atoms. The highest BCUT2D eigenvalue weighted by Crippen LogP contribution is 2.28. The van der Waals surface area contributed by atoms with Crippen LogP contribution in [-0.2, 0) is 0 Å². The minimum atomic E-state index is 0.159. The molecular formula is C7H6ClN5S2. The summed E-state index contributed by atoms with van der Waals surface area (Å²) in [5.41, 5.74) is 5.47. The van der Waals surface area contributed by atoms with E-state index >= 15 is 0 Å². The van der Waals surface area contributed by atoms with Crippen LogP contribution in [0.4, 0.5) is 5.95 Å². The van der Waals surface area contributed by atoms with E-state index in [9.17, 15) is 0 Å². The molecule has 0 aromatic carbocycles. The second-order valence-electron chi connectivity index (χ2n) is 2.60. The highest BCUT2D eigenvalue weighted by molar-refractivity contribution is 8.00. The van der Waals surface area contributed by atoms with E-state index in [1.807, 2.05) is 6.92 Å². The number of nitrogens with two attached hydrogens (primary N) is 1. The van der Waals surface area contributed by atoms with E-state index in [2.05, 4.69) is 19.3 Å². The lowest BCUT2D eigenvalue weighted by Gasteiger charge is -1.98. The Balaban J connectivity index is 2.24. The minimum Gasteiger partial charge on any atom is -0.368 e. The van der Waals surface area contributed by atoms with E-state index in [4.69, 9.17) is 17.3 Å². The quantitative estimate of drug-likeness (QED) is 0.832. The van der Waals surface area contributed by atoms with E-state index in [1.165, 1.54) is 23.3 Å². The molecule has 0 unspecified atom stereocenters. The molecule has 0 aliphatic rings. The van der Waals surface area contributed by atoms with E-state index in [0.29, 0.717) is 10.2 Å². The molecule has 0 atom stereocenters. The van der Waals surface area contributed by atoms with Crippen molar-refractivity contribution < 1.29 is 0 Å². The van der Waals surface area contributed by atoms with Crippen LogP contribution in [0.2, 0.25) is 5.15 Å². The largest absolute Gasteiger partial charge is 0.368 e. The van der Waals surface area contributed by atoms with Gasteiger partial charge in [0.05, 0.1) is 0 Å². The van der Waals surface area contributed by atoms with Crippen LogP contribution in [0.15, 0.2) is 15.4 Å². The fourth-order valence-corrected chi connectivity index (χ4v) is 2.74. The van der Waals surface area contributed by atoms with Crippen molar-refractivity contribution in [1.82, 2.24) is 19.3 Å². The highest BCUT2D eigenvalue weighted by Gasteiger charge is 2.06. The van der Waals surface area contributed by atoms with Crippen LogP contribution in [0.3, 0.4) is 0 Å². The number of nitrogens with zero attached hydrogens (tertiary/aromatic N) is 4. The topological polar surface area (TPSA) is 77.6 Å². The summed E-state index contributed by atoms with van der Waals surface area (Å²) < 4.78 is 4.87. The zero-order valence-electron chi connectivity index (χ0n) is 7.64. The SMILES string of the molecule is Cc1nsc(Sc2cc(Cl)nc(N)n2)n1. The van der Waals surface area contributed by atoms with E-state index in [-0.39, 0.29) is 5.95 Å². The smallest absolute Gasteiger partial charge is 0.222 e. The van der Waals surface area contributed by atoms with Crippen molar-refractivity contribution in [2.75, 3.05) is 5.73 Å². The van der Waals surface area contributed by atoms with Gasteiger partial charge in [-0.3, -0.25) is 0 Å². The third kappa shape index (κ3) is 2.77. The molecule has 2 heterocycles. The first-order chi connectivity index (χ1) is 7.13. The van der Waals surface area contributed by atoms with Crippen molar-refractivity contribution in [3.8, 4) is 0 Å². The first kappa shape index (κ1) is 10.6. The Hall–Kier alpha value is -0.920. The van der Waals surface area contributed by atoms with Crippen molar-refractivity contribution in [2.24, 2.45) is 0 Å². The summed E-state index contributed by atoms with van der Waals surface area (Å²) in [5, 5.41) is 0.995. The minimum absolute atomic E-state index is 0.159. The summed E-state index contributed by atoms with van der Waals surface area (Å²) in [7, 11) is 0. The average Bonchev–Trinajstić information content (AvgIpc) is 2.49. The predicted molar refractivity (Wildman–Crippen MR) is 60.2 cm³/mol. The van der Waals surface area contributed by atoms with Gasteiger partial charge in [-0.1, -0.05) is 11.6 Å². The first-order valence-corrected chi connectivity index (χ1v) is 5.88. The van der Waals surface area contributed by atoms with Gasteiger partial charge in [0.15, 0.2) is 4.34 Å². The van der Waals surface area contributed by atoms with Crippen molar-refractivity contribution in [2.45, 2.75) is 16.3 Å². The van der Waals surface area contributed by atoms with Gasteiger partial charge in [0, 0.05) is 6.07 Å². The standard InChI is InChI=1S/C7H6ClN5S2/c1-3-10-7(15-13-3)14-5-2-4(8)11-6(9)12-5/h2H,1H3,(H2,9,11,12). The summed E-state index contributed by atoms with van der Waals surface area (Å²) in [4.78, 5) is 12.0. The average molecular weight is 260 g/mol. The maximum atomic E-state index is 5.74. The summed E-state index contributed by atoms with van der Waals surface area (Å²) in [6, 6.07) is 1.64. The van der Waals surface area contributed by atoms with Gasteiger partial charge < -0.3 is 5.73 Å². The molecule has 2 N–H and O–H groups in total. The van der Waals surface area contributed by atoms with Crippen LogP contribution in [0.1, 0.15) is 5.82 Å². The molecule has 0 saturated heterocycles. The molecule has 0 fully saturated rings. The Labute approximate surface area is 99.3 Å². The van der Waals surface area contributed by atoms with Gasteiger partial charge in [-0.05, 0) is 30.2 Å². The first-order valence-electron chi connectivity index (χ1n) is 3.92. The Morgan fingerprint density at radius 3 is 2.80 bits per heavy atom. The summed E-state index contributed by atoms with van der Waals surface area (Å²) in [5.74, 6) is 0.905. The third-order valence-electron chi connectivity index (χ3n) is 1.39. The van der Waals surface area contributed by atoms with Crippen molar-refractivity contribution in [3.63, 3.8) is 0 Å². The second-order valence-corrected chi connectivity index (χ2v) is 5.00. The molecule has 5 nitrogen and oxygen atoms in total. The van der Waals surface area contributed by atoms with Gasteiger partial charge in [0.25, 0.3) is 0 Å². The predicted octanol–water partition coefficient (Wildman–Crippen LogP) is 2.02. The Morgan fingerprint density at radius 2 is 2.20 bits per heavy atom. The maximum absolute atomic E-state index is 5.74. The summed E-state index contributed by atoms with van der Waals surface area (Å²) in [6.07, 6.45) is 0. The molecule has 0 aliphatic carbocycles. The molecule has 2 aromatic heterocycles. The molecule has 2 aromatic rings. The molecule has 0 radical (unpaired) electrons. The number of aromatic nitrogens is 4. The number of hydrogen-bond donors (Lipinski definition) is 1. The molecule has 0 spiro atoms. The van der Waals surface area contributed by atoms with Gasteiger partial charge in [-0.15, -0.1) is 0 Å². The van der Waals surface area contributed by atoms with Crippen LogP contribution in [0.25, 0.3) is 0 Å². The number of nitrogen functional groups attached to an aromatic ring is 1. The van der Waals surface area contributed by atoms with Crippen molar-refractivity contribution in [3.05, 3.63) is 17.0 Å². The lowest BCUT2D eigenvalue weighted by molar-refractivity contribution is 1.05. The number of aryl methyl sites for hydroxylation is 1. The number of hydrogen-bond acceptors (Lipinski definition) is 7. The Kier molecular flexibility index (Phi) is 3.03. The normalized spacial score (nSPS) is 10.5. The molecule has 0 amide bonds. The van der Waals surface area contributed by atoms with Crippen LogP contribution in [0, 0.1) is 6.92 Å². The fraction of sp³-hybridized carbons (Fsp3) is 0.143. The zero-order valence-corrected chi connectivity index (χ0v) is 10.0. The van der Waals surface area contributed by atoms with E-state index in [0.717, 1.165) is 10.2 Å². The molecule has 0 aliphatic heterocycles. The van der Waals surface area contributed by atoms with Gasteiger partial charge >= 0.3 is 0 Å². The monoisotopic (exact) mass is 259 g/mol. The van der Waals surface area contributed by atoms with Gasteiger partial charge in [0.2, 0.25) is 5.95 Å². The van der Waals surface area contributed by atoms with Crippen LogP contribution in [-0.4, -0.2) is 19.3 Å². The van der Waals surface area contributed by atoms with E-state index in [1.54, 1.807) is 6.07 Å². The van der Waals surface area contributed by atoms with Crippen LogP contribution >= 0.6 is 34.9 Å². The number of halogens is 1. The van der Waals surface area contributed by atoms with Gasteiger partial charge in [-0.2, -0.15) is 4.37 Å². The second kappa shape index (κ2) is 4.30. The fourth-order valence-electron chi connectivity index (χ4n) is 0.875. The van der Waals surface area contributed by atoms with Gasteiger partial charge in [0.1, 0.15) is 16.0 Å². The molecular weight excluding hydrogens is 254 g/mol. The third-order valence-corrected chi connectivity index (χ3v) is 3.34.